The second kappa shape index (κ2) is 8.74. The lowest BCUT2D eigenvalue weighted by molar-refractivity contribution is -0.116. The molecule has 0 aliphatic heterocycles. The van der Waals surface area contributed by atoms with Gasteiger partial charge in [-0.25, -0.2) is 0 Å². The Morgan fingerprint density at radius 3 is 2.09 bits per heavy atom. The third kappa shape index (κ3) is 7.91. The molecule has 0 rings (SSSR count). The van der Waals surface area contributed by atoms with Crippen molar-refractivity contribution in [2.24, 2.45) is 5.92 Å². The SMILES string of the molecule is C#C[C@H](O[Si](C)(C)C(C)(C)C)[C@@H](CCCC)C(=O)SC(C)(C)C. The van der Waals surface area contributed by atoms with E-state index in [1.165, 1.54) is 11.8 Å². The van der Waals surface area contributed by atoms with Crippen molar-refractivity contribution in [3.8, 4) is 12.3 Å². The summed E-state index contributed by atoms with van der Waals surface area (Å²) in [5.41, 5.74) is 0. The van der Waals surface area contributed by atoms with E-state index in [2.05, 4.69) is 67.5 Å². The van der Waals surface area contributed by atoms with Crippen LogP contribution in [0, 0.1) is 18.3 Å². The summed E-state index contributed by atoms with van der Waals surface area (Å²) in [6, 6.07) is 0. The number of thioether (sulfide) groups is 1. The molecule has 0 amide bonds. The van der Waals surface area contributed by atoms with Crippen LogP contribution in [0.25, 0.3) is 0 Å². The van der Waals surface area contributed by atoms with E-state index in [0.29, 0.717) is 0 Å². The Morgan fingerprint density at radius 1 is 1.22 bits per heavy atom. The molecule has 0 fully saturated rings. The number of carbonyl (C=O) groups is 1. The fourth-order valence-corrected chi connectivity index (χ4v) is 4.14. The van der Waals surface area contributed by atoms with Gasteiger partial charge in [-0.2, -0.15) is 0 Å². The van der Waals surface area contributed by atoms with E-state index in [-0.39, 0.29) is 20.8 Å². The average Bonchev–Trinajstić information content (AvgIpc) is 2.33. The van der Waals surface area contributed by atoms with Crippen LogP contribution in [0.3, 0.4) is 0 Å². The van der Waals surface area contributed by atoms with E-state index in [4.69, 9.17) is 10.8 Å². The highest BCUT2D eigenvalue weighted by Gasteiger charge is 2.42. The normalized spacial score (nSPS) is 15.8. The Hall–Kier alpha value is -0.243. The Balaban J connectivity index is 5.34. The zero-order valence-corrected chi connectivity index (χ0v) is 18.4. The molecule has 0 heterocycles. The number of carbonyl (C=O) groups excluding carboxylic acids is 1. The molecule has 2 atom stereocenters. The minimum atomic E-state index is -2.00. The van der Waals surface area contributed by atoms with Crippen molar-refractivity contribution >= 4 is 25.2 Å². The molecule has 4 heteroatoms. The highest BCUT2D eigenvalue weighted by molar-refractivity contribution is 8.14. The first-order valence-corrected chi connectivity index (χ1v) is 12.3. The topological polar surface area (TPSA) is 26.3 Å². The number of rotatable bonds is 7. The van der Waals surface area contributed by atoms with Crippen LogP contribution in [-0.4, -0.2) is 24.3 Å². The monoisotopic (exact) mass is 356 g/mol. The lowest BCUT2D eigenvalue weighted by atomic mass is 9.98. The van der Waals surface area contributed by atoms with Crippen molar-refractivity contribution in [1.82, 2.24) is 0 Å². The Labute approximate surface area is 149 Å². The molecule has 0 aromatic carbocycles. The van der Waals surface area contributed by atoms with Crippen molar-refractivity contribution in [2.75, 3.05) is 0 Å². The molecule has 0 aromatic rings. The van der Waals surface area contributed by atoms with E-state index < -0.39 is 14.4 Å². The minimum absolute atomic E-state index is 0.0810. The molecule has 23 heavy (non-hydrogen) atoms. The molecule has 2 nitrogen and oxygen atoms in total. The fourth-order valence-electron chi connectivity index (χ4n) is 1.92. The van der Waals surface area contributed by atoms with Crippen LogP contribution in [0.4, 0.5) is 0 Å². The summed E-state index contributed by atoms with van der Waals surface area (Å²) in [6.45, 7) is 19.3. The van der Waals surface area contributed by atoms with Crippen LogP contribution in [0.5, 0.6) is 0 Å². The van der Waals surface area contributed by atoms with Gasteiger partial charge in [-0.15, -0.1) is 6.42 Å². The molecule has 0 saturated heterocycles. The van der Waals surface area contributed by atoms with Crippen molar-refractivity contribution in [2.45, 2.75) is 96.7 Å². The molecule has 0 aliphatic rings. The summed E-state index contributed by atoms with van der Waals surface area (Å²) < 4.78 is 6.32. The van der Waals surface area contributed by atoms with Gasteiger partial charge in [0.15, 0.2) is 13.4 Å². The molecule has 0 aromatic heterocycles. The zero-order chi connectivity index (χ0) is 18.5. The van der Waals surface area contributed by atoms with Gasteiger partial charge in [-0.3, -0.25) is 4.79 Å². The summed E-state index contributed by atoms with van der Waals surface area (Å²) in [5.74, 6) is 2.57. The molecule has 0 N–H and O–H groups in total. The maximum atomic E-state index is 12.8. The maximum Gasteiger partial charge on any atom is 0.196 e. The van der Waals surface area contributed by atoms with Crippen LogP contribution < -0.4 is 0 Å². The van der Waals surface area contributed by atoms with Gasteiger partial charge < -0.3 is 4.43 Å². The van der Waals surface area contributed by atoms with Crippen LogP contribution >= 0.6 is 11.8 Å². The number of unbranched alkanes of at least 4 members (excludes halogenated alkanes) is 1. The van der Waals surface area contributed by atoms with Gasteiger partial charge in [0.25, 0.3) is 0 Å². The van der Waals surface area contributed by atoms with E-state index in [9.17, 15) is 4.79 Å². The van der Waals surface area contributed by atoms with Crippen molar-refractivity contribution in [3.63, 3.8) is 0 Å². The third-order valence-corrected chi connectivity index (χ3v) is 9.91. The summed E-state index contributed by atoms with van der Waals surface area (Å²) in [6.07, 6.45) is 8.24. The highest BCUT2D eigenvalue weighted by atomic mass is 32.2. The number of hydrogen-bond donors (Lipinski definition) is 0. The van der Waals surface area contributed by atoms with Gasteiger partial charge in [-0.05, 0) is 24.6 Å². The zero-order valence-electron chi connectivity index (χ0n) is 16.6. The molecule has 0 spiro atoms. The molecular weight excluding hydrogens is 320 g/mol. The van der Waals surface area contributed by atoms with Gasteiger partial charge in [0.1, 0.15) is 6.10 Å². The summed E-state index contributed by atoms with van der Waals surface area (Å²) in [5, 5.41) is 0.255. The molecule has 0 aliphatic carbocycles. The summed E-state index contributed by atoms with van der Waals surface area (Å²) >= 11 is 1.39. The second-order valence-corrected chi connectivity index (χ2v) is 15.3. The van der Waals surface area contributed by atoms with Gasteiger partial charge in [-0.1, -0.05) is 79.0 Å². The molecule has 0 saturated carbocycles. The summed E-state index contributed by atoms with van der Waals surface area (Å²) in [4.78, 5) is 12.8. The Morgan fingerprint density at radius 2 is 1.74 bits per heavy atom. The Kier molecular flexibility index (Phi) is 8.64. The van der Waals surface area contributed by atoms with Crippen molar-refractivity contribution in [1.29, 1.82) is 0 Å². The van der Waals surface area contributed by atoms with Crippen molar-refractivity contribution in [3.05, 3.63) is 0 Å². The molecule has 0 unspecified atom stereocenters. The minimum Gasteiger partial charge on any atom is -0.403 e. The standard InChI is InChI=1S/C19H36O2SSi/c1-11-13-14-15(17(20)22-18(3,4)5)16(12-2)21-23(9,10)19(6,7)8/h2,15-16H,11,13-14H2,1,3-10H3/t15-,16+/m1/s1. The fraction of sp³-hybridized carbons (Fsp3) is 0.842. The average molecular weight is 357 g/mol. The molecule has 134 valence electrons. The smallest absolute Gasteiger partial charge is 0.196 e. The summed E-state index contributed by atoms with van der Waals surface area (Å²) in [7, 11) is -2.00. The lowest BCUT2D eigenvalue weighted by Crippen LogP contribution is -2.46. The number of hydrogen-bond acceptors (Lipinski definition) is 3. The van der Waals surface area contributed by atoms with E-state index in [1.54, 1.807) is 0 Å². The van der Waals surface area contributed by atoms with Crippen LogP contribution in [-0.2, 0) is 9.22 Å². The second-order valence-electron chi connectivity index (χ2n) is 8.75. The number of terminal acetylenes is 1. The highest BCUT2D eigenvalue weighted by Crippen LogP contribution is 2.39. The van der Waals surface area contributed by atoms with Gasteiger partial charge in [0, 0.05) is 4.75 Å². The first-order valence-electron chi connectivity index (χ1n) is 8.62. The van der Waals surface area contributed by atoms with Gasteiger partial charge >= 0.3 is 0 Å². The van der Waals surface area contributed by atoms with E-state index in [1.807, 2.05) is 0 Å². The third-order valence-electron chi connectivity index (χ3n) is 4.34. The van der Waals surface area contributed by atoms with E-state index >= 15 is 0 Å². The predicted octanol–water partition coefficient (Wildman–Crippen LogP) is 5.87. The van der Waals surface area contributed by atoms with Crippen molar-refractivity contribution < 1.29 is 9.22 Å². The molecule has 0 bridgehead atoms. The quantitative estimate of drug-likeness (QED) is 0.421. The Bertz CT molecular complexity index is 424. The maximum absolute atomic E-state index is 12.8. The predicted molar refractivity (Wildman–Crippen MR) is 106 cm³/mol. The van der Waals surface area contributed by atoms with Gasteiger partial charge in [0.2, 0.25) is 0 Å². The van der Waals surface area contributed by atoms with Crippen LogP contribution in [0.2, 0.25) is 18.1 Å². The van der Waals surface area contributed by atoms with Crippen LogP contribution in [0.15, 0.2) is 0 Å². The van der Waals surface area contributed by atoms with Crippen LogP contribution in [0.1, 0.15) is 67.7 Å². The molecule has 0 radical (unpaired) electrons. The first kappa shape index (κ1) is 22.8. The first-order chi connectivity index (χ1) is 10.2. The largest absolute Gasteiger partial charge is 0.403 e. The lowest BCUT2D eigenvalue weighted by Gasteiger charge is -2.39. The van der Waals surface area contributed by atoms with E-state index in [0.717, 1.165) is 19.3 Å². The molecular formula is C19H36O2SSi. The van der Waals surface area contributed by atoms with Gasteiger partial charge in [0.05, 0.1) is 5.92 Å².